The van der Waals surface area contributed by atoms with Crippen LogP contribution in [-0.4, -0.2) is 21.5 Å². The van der Waals surface area contributed by atoms with Crippen molar-refractivity contribution in [1.29, 1.82) is 0 Å². The molecule has 0 heterocycles. The molecular formula is C12H16F2N2O2S. The zero-order valence-corrected chi connectivity index (χ0v) is 11.1. The number of hydrogen-bond acceptors (Lipinski definition) is 3. The first-order valence-corrected chi connectivity index (χ1v) is 7.52. The normalized spacial score (nSPS) is 17.4. The van der Waals surface area contributed by atoms with Crippen LogP contribution in [0.2, 0.25) is 0 Å². The molecule has 106 valence electrons. The Kier molecular flexibility index (Phi) is 3.89. The van der Waals surface area contributed by atoms with Crippen LogP contribution in [0.1, 0.15) is 19.3 Å². The number of benzene rings is 1. The Bertz CT molecular complexity index is 571. The minimum absolute atomic E-state index is 0.0552. The predicted molar refractivity (Wildman–Crippen MR) is 66.9 cm³/mol. The average Bonchev–Trinajstić information content (AvgIpc) is 3.11. The number of nitrogens with one attached hydrogen (secondary N) is 1. The molecule has 1 aliphatic carbocycles. The Hall–Kier alpha value is -1.05. The molecule has 7 heteroatoms. The highest BCUT2D eigenvalue weighted by Gasteiger charge is 2.42. The molecule has 0 bridgehead atoms. The molecule has 1 aliphatic rings. The Balaban J connectivity index is 2.08. The number of sulfonamides is 1. The van der Waals surface area contributed by atoms with Gasteiger partial charge in [-0.2, -0.15) is 0 Å². The van der Waals surface area contributed by atoms with E-state index in [2.05, 4.69) is 4.72 Å². The van der Waals surface area contributed by atoms with Crippen LogP contribution < -0.4 is 10.5 Å². The van der Waals surface area contributed by atoms with Crippen molar-refractivity contribution >= 4 is 10.0 Å². The molecule has 19 heavy (non-hydrogen) atoms. The topological polar surface area (TPSA) is 72.2 Å². The average molecular weight is 290 g/mol. The zero-order valence-electron chi connectivity index (χ0n) is 10.3. The van der Waals surface area contributed by atoms with Gasteiger partial charge in [0.25, 0.3) is 0 Å². The summed E-state index contributed by atoms with van der Waals surface area (Å²) in [5.41, 5.74) is 5.42. The molecular weight excluding hydrogens is 274 g/mol. The number of halogens is 2. The summed E-state index contributed by atoms with van der Waals surface area (Å²) in [6, 6.07) is 2.53. The van der Waals surface area contributed by atoms with Crippen molar-refractivity contribution < 1.29 is 17.2 Å². The van der Waals surface area contributed by atoms with Gasteiger partial charge in [0, 0.05) is 6.54 Å². The van der Waals surface area contributed by atoms with Crippen molar-refractivity contribution in [3.8, 4) is 0 Å². The Morgan fingerprint density at radius 3 is 2.47 bits per heavy atom. The lowest BCUT2D eigenvalue weighted by Crippen LogP contribution is -2.31. The number of nitrogens with two attached hydrogens (primary N) is 1. The fourth-order valence-electron chi connectivity index (χ4n) is 1.97. The highest BCUT2D eigenvalue weighted by Crippen LogP contribution is 2.47. The van der Waals surface area contributed by atoms with Crippen LogP contribution in [0, 0.1) is 17.0 Å². The highest BCUT2D eigenvalue weighted by molar-refractivity contribution is 7.89. The summed E-state index contributed by atoms with van der Waals surface area (Å²) < 4.78 is 52.1. The van der Waals surface area contributed by atoms with Gasteiger partial charge in [-0.1, -0.05) is 0 Å². The monoisotopic (exact) mass is 290 g/mol. The van der Waals surface area contributed by atoms with Gasteiger partial charge in [-0.25, -0.2) is 21.9 Å². The summed E-state index contributed by atoms with van der Waals surface area (Å²) in [6.45, 7) is 0.790. The lowest BCUT2D eigenvalue weighted by Gasteiger charge is -2.15. The summed E-state index contributed by atoms with van der Waals surface area (Å²) in [5.74, 6) is -2.24. The lowest BCUT2D eigenvalue weighted by atomic mass is 10.0. The largest absolute Gasteiger partial charge is 0.330 e. The SMILES string of the molecule is NCCC1(CNS(=O)(=O)c2ccc(F)c(F)c2)CC1. The van der Waals surface area contributed by atoms with Crippen molar-refractivity contribution in [3.63, 3.8) is 0 Å². The van der Waals surface area contributed by atoms with E-state index in [-0.39, 0.29) is 16.9 Å². The molecule has 0 aliphatic heterocycles. The van der Waals surface area contributed by atoms with Gasteiger partial charge in [-0.3, -0.25) is 0 Å². The van der Waals surface area contributed by atoms with Crippen molar-refractivity contribution in [3.05, 3.63) is 29.8 Å². The van der Waals surface area contributed by atoms with Crippen molar-refractivity contribution in [2.75, 3.05) is 13.1 Å². The molecule has 1 saturated carbocycles. The summed E-state index contributed by atoms with van der Waals surface area (Å²) in [5, 5.41) is 0. The number of hydrogen-bond donors (Lipinski definition) is 2. The van der Waals surface area contributed by atoms with E-state index < -0.39 is 21.7 Å². The molecule has 4 nitrogen and oxygen atoms in total. The van der Waals surface area contributed by atoms with Crippen LogP contribution in [0.25, 0.3) is 0 Å². The second-order valence-electron chi connectivity index (χ2n) is 4.94. The standard InChI is InChI=1S/C12H16F2N2O2S/c13-10-2-1-9(7-11(10)14)19(17,18)16-8-12(3-4-12)5-6-15/h1-2,7,16H,3-6,8,15H2. The third kappa shape index (κ3) is 3.29. The molecule has 0 amide bonds. The van der Waals surface area contributed by atoms with Gasteiger partial charge in [-0.15, -0.1) is 0 Å². The van der Waals surface area contributed by atoms with Crippen LogP contribution >= 0.6 is 0 Å². The molecule has 0 spiro atoms. The first-order valence-electron chi connectivity index (χ1n) is 6.03. The van der Waals surface area contributed by atoms with E-state index in [9.17, 15) is 17.2 Å². The lowest BCUT2D eigenvalue weighted by molar-refractivity contribution is 0.460. The molecule has 1 aromatic carbocycles. The smallest absolute Gasteiger partial charge is 0.240 e. The van der Waals surface area contributed by atoms with Crippen LogP contribution in [0.3, 0.4) is 0 Å². The van der Waals surface area contributed by atoms with Gasteiger partial charge in [0.2, 0.25) is 10.0 Å². The van der Waals surface area contributed by atoms with Crippen LogP contribution in [-0.2, 0) is 10.0 Å². The maximum absolute atomic E-state index is 13.0. The van der Waals surface area contributed by atoms with E-state index in [0.29, 0.717) is 12.6 Å². The minimum Gasteiger partial charge on any atom is -0.330 e. The molecule has 0 unspecified atom stereocenters. The Morgan fingerprint density at radius 2 is 1.95 bits per heavy atom. The van der Waals surface area contributed by atoms with Gasteiger partial charge in [-0.05, 0) is 49.4 Å². The quantitative estimate of drug-likeness (QED) is 0.831. The van der Waals surface area contributed by atoms with Crippen LogP contribution in [0.4, 0.5) is 8.78 Å². The summed E-state index contributed by atoms with van der Waals surface area (Å²) >= 11 is 0. The van der Waals surface area contributed by atoms with Crippen LogP contribution in [0.15, 0.2) is 23.1 Å². The maximum Gasteiger partial charge on any atom is 0.240 e. The van der Waals surface area contributed by atoms with E-state index in [1.54, 1.807) is 0 Å². The second kappa shape index (κ2) is 5.15. The van der Waals surface area contributed by atoms with Gasteiger partial charge in [0.15, 0.2) is 11.6 Å². The predicted octanol–water partition coefficient (Wildman–Crippen LogP) is 1.37. The molecule has 2 rings (SSSR count). The fourth-order valence-corrected chi connectivity index (χ4v) is 3.14. The zero-order chi connectivity index (χ0) is 14.1. The molecule has 1 fully saturated rings. The van der Waals surface area contributed by atoms with Crippen molar-refractivity contribution in [2.24, 2.45) is 11.1 Å². The van der Waals surface area contributed by atoms with Crippen molar-refractivity contribution in [1.82, 2.24) is 4.72 Å². The van der Waals surface area contributed by atoms with Crippen molar-refractivity contribution in [2.45, 2.75) is 24.2 Å². The first-order chi connectivity index (χ1) is 8.88. The highest BCUT2D eigenvalue weighted by atomic mass is 32.2. The van der Waals surface area contributed by atoms with E-state index in [0.717, 1.165) is 31.4 Å². The van der Waals surface area contributed by atoms with E-state index in [4.69, 9.17) is 5.73 Å². The van der Waals surface area contributed by atoms with E-state index in [1.165, 1.54) is 0 Å². The first kappa shape index (κ1) is 14.4. The summed E-state index contributed by atoms with van der Waals surface area (Å²) in [4.78, 5) is -0.269. The van der Waals surface area contributed by atoms with Crippen LogP contribution in [0.5, 0.6) is 0 Å². The molecule has 0 aromatic heterocycles. The van der Waals surface area contributed by atoms with Gasteiger partial charge in [0.1, 0.15) is 0 Å². The molecule has 3 N–H and O–H groups in total. The number of rotatable bonds is 6. The third-order valence-electron chi connectivity index (χ3n) is 3.47. The molecule has 1 aromatic rings. The van der Waals surface area contributed by atoms with Gasteiger partial charge < -0.3 is 5.73 Å². The molecule has 0 atom stereocenters. The molecule has 0 radical (unpaired) electrons. The summed E-state index contributed by atoms with van der Waals surface area (Å²) in [6.07, 6.45) is 2.63. The molecule has 0 saturated heterocycles. The third-order valence-corrected chi connectivity index (χ3v) is 4.87. The van der Waals surface area contributed by atoms with E-state index >= 15 is 0 Å². The maximum atomic E-state index is 13.0. The Labute approximate surface area is 111 Å². The second-order valence-corrected chi connectivity index (χ2v) is 6.71. The minimum atomic E-state index is -3.81. The van der Waals surface area contributed by atoms with Gasteiger partial charge >= 0.3 is 0 Å². The Morgan fingerprint density at radius 1 is 1.26 bits per heavy atom. The fraction of sp³-hybridized carbons (Fsp3) is 0.500. The van der Waals surface area contributed by atoms with Gasteiger partial charge in [0.05, 0.1) is 4.90 Å². The van der Waals surface area contributed by atoms with E-state index in [1.807, 2.05) is 0 Å². The summed E-state index contributed by atoms with van der Waals surface area (Å²) in [7, 11) is -3.81.